The monoisotopic (exact) mass is 295 g/mol. The molecule has 0 fully saturated rings. The first-order valence-corrected chi connectivity index (χ1v) is 7.39. The Balaban J connectivity index is 2.56. The van der Waals surface area contributed by atoms with E-state index in [-0.39, 0.29) is 11.1 Å². The zero-order valence-corrected chi connectivity index (χ0v) is 13.6. The van der Waals surface area contributed by atoms with E-state index >= 15 is 0 Å². The fraction of sp³-hybridized carbons (Fsp3) is 0.389. The first-order valence-electron chi connectivity index (χ1n) is 7.39. The Morgan fingerprint density at radius 3 is 2.73 bits per heavy atom. The number of nitriles is 1. The average Bonchev–Trinajstić information content (AvgIpc) is 2.45. The molecule has 1 aliphatic carbocycles. The molecule has 0 radical (unpaired) electrons. The van der Waals surface area contributed by atoms with Crippen molar-refractivity contribution in [2.75, 3.05) is 0 Å². The van der Waals surface area contributed by atoms with E-state index in [9.17, 15) is 4.79 Å². The molecule has 1 aromatic rings. The zero-order chi connectivity index (χ0) is 16.4. The fourth-order valence-corrected chi connectivity index (χ4v) is 2.67. The molecule has 0 aromatic carbocycles. The maximum atomic E-state index is 12.4. The van der Waals surface area contributed by atoms with E-state index in [0.29, 0.717) is 11.5 Å². The summed E-state index contributed by atoms with van der Waals surface area (Å²) in [6.45, 7) is 11.7. The van der Waals surface area contributed by atoms with Crippen LogP contribution in [-0.2, 0) is 0 Å². The van der Waals surface area contributed by atoms with Crippen LogP contribution in [0, 0.1) is 31.1 Å². The van der Waals surface area contributed by atoms with Crippen LogP contribution in [0.5, 0.6) is 0 Å². The topological polar surface area (TPSA) is 58.1 Å². The average molecular weight is 295 g/mol. The Morgan fingerprint density at radius 2 is 2.14 bits per heavy atom. The Morgan fingerprint density at radius 1 is 1.45 bits per heavy atom. The van der Waals surface area contributed by atoms with Gasteiger partial charge in [-0.3, -0.25) is 4.79 Å². The van der Waals surface area contributed by atoms with Gasteiger partial charge in [-0.05, 0) is 63.7 Å². The van der Waals surface area contributed by atoms with Crippen LogP contribution in [0.3, 0.4) is 0 Å². The first kappa shape index (κ1) is 16.0. The maximum Gasteiger partial charge on any atom is 0.289 e. The molecule has 0 saturated carbocycles. The number of hydrogen-bond acceptors (Lipinski definition) is 3. The summed E-state index contributed by atoms with van der Waals surface area (Å²) in [7, 11) is 0. The third-order valence-corrected chi connectivity index (χ3v) is 4.19. The van der Waals surface area contributed by atoms with Gasteiger partial charge in [0.25, 0.3) is 5.56 Å². The van der Waals surface area contributed by atoms with Crippen molar-refractivity contribution < 1.29 is 0 Å². The van der Waals surface area contributed by atoms with Crippen molar-refractivity contribution in [3.8, 4) is 6.07 Å². The molecule has 22 heavy (non-hydrogen) atoms. The minimum atomic E-state index is -0.349. The van der Waals surface area contributed by atoms with Crippen molar-refractivity contribution in [2.24, 2.45) is 11.0 Å². The molecule has 1 atom stereocenters. The predicted molar refractivity (Wildman–Crippen MR) is 89.0 cm³/mol. The highest BCUT2D eigenvalue weighted by Gasteiger charge is 2.19. The van der Waals surface area contributed by atoms with Gasteiger partial charge in [-0.25, -0.2) is 4.68 Å². The molecule has 4 nitrogen and oxygen atoms in total. The van der Waals surface area contributed by atoms with Gasteiger partial charge in [0.05, 0.1) is 5.71 Å². The first-order chi connectivity index (χ1) is 10.3. The molecule has 0 bridgehead atoms. The number of pyridine rings is 1. The summed E-state index contributed by atoms with van der Waals surface area (Å²) in [5.74, 6) is 0.361. The number of aryl methyl sites for hydroxylation is 2. The van der Waals surface area contributed by atoms with E-state index in [1.165, 1.54) is 4.68 Å². The second-order valence-corrected chi connectivity index (χ2v) is 5.99. The number of aromatic nitrogens is 1. The Labute approximate surface area is 131 Å². The fourth-order valence-electron chi connectivity index (χ4n) is 2.67. The lowest BCUT2D eigenvalue weighted by molar-refractivity contribution is 0.632. The smallest absolute Gasteiger partial charge is 0.266 e. The van der Waals surface area contributed by atoms with Crippen molar-refractivity contribution in [1.29, 1.82) is 5.26 Å². The Hall–Kier alpha value is -2.41. The molecule has 1 unspecified atom stereocenters. The van der Waals surface area contributed by atoms with E-state index in [1.54, 1.807) is 6.92 Å². The van der Waals surface area contributed by atoms with Crippen molar-refractivity contribution in [2.45, 2.75) is 40.5 Å². The standard InChI is InChI=1S/C18H21N3O/c1-11(2)15-7-6-12(3)17(9-15)20-21-14(5)8-13(4)16(10-19)18(21)22/h6,8,15H,1,7,9H2,2-5H3/b20-17+. The minimum Gasteiger partial charge on any atom is -0.266 e. The molecule has 0 saturated heterocycles. The molecule has 4 heteroatoms. The van der Waals surface area contributed by atoms with Gasteiger partial charge >= 0.3 is 0 Å². The summed E-state index contributed by atoms with van der Waals surface area (Å²) in [5.41, 5.74) is 4.33. The van der Waals surface area contributed by atoms with Crippen LogP contribution in [0.4, 0.5) is 0 Å². The molecular weight excluding hydrogens is 274 g/mol. The number of rotatable bonds is 2. The van der Waals surface area contributed by atoms with Gasteiger partial charge in [0.2, 0.25) is 0 Å². The predicted octanol–water partition coefficient (Wildman–Crippen LogP) is 3.47. The van der Waals surface area contributed by atoms with Crippen LogP contribution in [0.15, 0.2) is 39.8 Å². The molecule has 0 amide bonds. The highest BCUT2D eigenvalue weighted by molar-refractivity contribution is 6.00. The third kappa shape index (κ3) is 2.94. The highest BCUT2D eigenvalue weighted by Crippen LogP contribution is 2.26. The lowest BCUT2D eigenvalue weighted by Crippen LogP contribution is -2.25. The van der Waals surface area contributed by atoms with Gasteiger partial charge in [0, 0.05) is 5.69 Å². The molecule has 2 rings (SSSR count). The molecule has 0 spiro atoms. The van der Waals surface area contributed by atoms with E-state index in [4.69, 9.17) is 5.26 Å². The van der Waals surface area contributed by atoms with Crippen molar-refractivity contribution >= 4 is 5.71 Å². The van der Waals surface area contributed by atoms with Crippen molar-refractivity contribution in [3.63, 3.8) is 0 Å². The second kappa shape index (κ2) is 6.15. The van der Waals surface area contributed by atoms with E-state index < -0.39 is 0 Å². The zero-order valence-electron chi connectivity index (χ0n) is 13.6. The molecular formula is C18H21N3O. The Bertz CT molecular complexity index is 788. The van der Waals surface area contributed by atoms with Gasteiger partial charge in [-0.15, -0.1) is 0 Å². The molecule has 0 aliphatic heterocycles. The summed E-state index contributed by atoms with van der Waals surface area (Å²) in [4.78, 5) is 12.4. The molecule has 1 heterocycles. The van der Waals surface area contributed by atoms with Gasteiger partial charge < -0.3 is 0 Å². The summed E-state index contributed by atoms with van der Waals surface area (Å²) in [6.07, 6.45) is 3.88. The summed E-state index contributed by atoms with van der Waals surface area (Å²) in [5, 5.41) is 13.7. The molecule has 114 valence electrons. The van der Waals surface area contributed by atoms with Crippen molar-refractivity contribution in [1.82, 2.24) is 4.68 Å². The highest BCUT2D eigenvalue weighted by atomic mass is 16.1. The van der Waals surface area contributed by atoms with Gasteiger partial charge in [0.1, 0.15) is 11.6 Å². The van der Waals surface area contributed by atoms with Crippen LogP contribution < -0.4 is 5.56 Å². The lowest BCUT2D eigenvalue weighted by Gasteiger charge is -2.22. The lowest BCUT2D eigenvalue weighted by atomic mass is 9.85. The van der Waals surface area contributed by atoms with Crippen LogP contribution >= 0.6 is 0 Å². The maximum absolute atomic E-state index is 12.4. The molecule has 0 N–H and O–H groups in total. The number of hydrogen-bond donors (Lipinski definition) is 0. The Kier molecular flexibility index (Phi) is 4.46. The summed E-state index contributed by atoms with van der Waals surface area (Å²) in [6, 6.07) is 3.80. The minimum absolute atomic E-state index is 0.156. The SMILES string of the molecule is C=C(C)C1CC=C(C)/C(=N/n2c(C)cc(C)c(C#N)c2=O)C1. The van der Waals surface area contributed by atoms with Gasteiger partial charge in [-0.2, -0.15) is 10.4 Å². The van der Waals surface area contributed by atoms with Gasteiger partial charge in [-0.1, -0.05) is 18.2 Å². The van der Waals surface area contributed by atoms with Gasteiger partial charge in [0.15, 0.2) is 0 Å². The largest absolute Gasteiger partial charge is 0.289 e. The van der Waals surface area contributed by atoms with E-state index in [0.717, 1.165) is 35.4 Å². The normalized spacial score (nSPS) is 19.7. The molecule has 1 aromatic heterocycles. The van der Waals surface area contributed by atoms with Crippen LogP contribution in [0.1, 0.15) is 43.5 Å². The van der Waals surface area contributed by atoms with E-state index in [2.05, 4.69) is 17.8 Å². The summed E-state index contributed by atoms with van der Waals surface area (Å²) < 4.78 is 1.35. The third-order valence-electron chi connectivity index (χ3n) is 4.19. The second-order valence-electron chi connectivity index (χ2n) is 5.99. The van der Waals surface area contributed by atoms with E-state index in [1.807, 2.05) is 32.9 Å². The quantitative estimate of drug-likeness (QED) is 0.784. The summed E-state index contributed by atoms with van der Waals surface area (Å²) >= 11 is 0. The van der Waals surface area contributed by atoms with Crippen molar-refractivity contribution in [3.05, 3.63) is 57.0 Å². The van der Waals surface area contributed by atoms with Crippen LogP contribution in [0.25, 0.3) is 0 Å². The number of nitrogens with zero attached hydrogens (tertiary/aromatic N) is 3. The van der Waals surface area contributed by atoms with Crippen LogP contribution in [0.2, 0.25) is 0 Å². The molecule has 1 aliphatic rings. The van der Waals surface area contributed by atoms with Crippen LogP contribution in [-0.4, -0.2) is 10.4 Å². The number of allylic oxidation sites excluding steroid dienone is 3.